The zero-order valence-corrected chi connectivity index (χ0v) is 8.28. The number of aliphatic carboxylic acids is 1. The van der Waals surface area contributed by atoms with Crippen molar-refractivity contribution in [3.05, 3.63) is 29.3 Å². The lowest BCUT2D eigenvalue weighted by atomic mass is 10.0. The zero-order valence-electron chi connectivity index (χ0n) is 8.28. The highest BCUT2D eigenvalue weighted by Gasteiger charge is 2.18. The fourth-order valence-electron chi connectivity index (χ4n) is 1.28. The molecule has 0 aromatic heterocycles. The van der Waals surface area contributed by atoms with Gasteiger partial charge < -0.3 is 15.9 Å². The van der Waals surface area contributed by atoms with Gasteiger partial charge in [0.25, 0.3) is 0 Å². The van der Waals surface area contributed by atoms with Crippen molar-refractivity contribution in [3.63, 3.8) is 0 Å². The van der Waals surface area contributed by atoms with Crippen LogP contribution in [0.15, 0.2) is 12.1 Å². The van der Waals surface area contributed by atoms with E-state index in [1.54, 1.807) is 0 Å². The van der Waals surface area contributed by atoms with Gasteiger partial charge in [-0.05, 0) is 12.5 Å². The summed E-state index contributed by atoms with van der Waals surface area (Å²) in [6, 6.07) is 1.21. The standard InChI is InChI=1S/C10H11F2NO3/c11-9-5(1-3-7(14)10(9)12)6(13)2-4-8(15)16/h1,3,6,14H,2,4,13H2,(H,15,16). The molecule has 88 valence electrons. The molecule has 0 fully saturated rings. The maximum atomic E-state index is 13.3. The Bertz CT molecular complexity index is 409. The fraction of sp³-hybridized carbons (Fsp3) is 0.300. The molecule has 1 aromatic rings. The van der Waals surface area contributed by atoms with Crippen molar-refractivity contribution in [3.8, 4) is 5.75 Å². The summed E-state index contributed by atoms with van der Waals surface area (Å²) in [5, 5.41) is 17.3. The molecule has 0 aliphatic heterocycles. The SMILES string of the molecule is NC(CCC(=O)O)c1ccc(O)c(F)c1F. The minimum atomic E-state index is -1.37. The first kappa shape index (κ1) is 12.4. The molecular formula is C10H11F2NO3. The Hall–Kier alpha value is -1.69. The van der Waals surface area contributed by atoms with Crippen molar-refractivity contribution in [2.24, 2.45) is 5.73 Å². The third kappa shape index (κ3) is 2.66. The molecule has 0 bridgehead atoms. The fourth-order valence-corrected chi connectivity index (χ4v) is 1.28. The van der Waals surface area contributed by atoms with Crippen molar-refractivity contribution in [1.82, 2.24) is 0 Å². The van der Waals surface area contributed by atoms with Gasteiger partial charge in [-0.25, -0.2) is 4.39 Å². The highest BCUT2D eigenvalue weighted by atomic mass is 19.2. The summed E-state index contributed by atoms with van der Waals surface area (Å²) < 4.78 is 26.2. The smallest absolute Gasteiger partial charge is 0.303 e. The number of phenolic OH excluding ortho intramolecular Hbond substituents is 1. The quantitative estimate of drug-likeness (QED) is 0.733. The summed E-state index contributed by atoms with van der Waals surface area (Å²) in [4.78, 5) is 10.3. The molecule has 0 saturated heterocycles. The number of carboxylic acids is 1. The first-order valence-corrected chi connectivity index (χ1v) is 4.57. The molecular weight excluding hydrogens is 220 g/mol. The molecule has 0 aliphatic rings. The van der Waals surface area contributed by atoms with E-state index in [-0.39, 0.29) is 18.4 Å². The average Bonchev–Trinajstić information content (AvgIpc) is 2.23. The summed E-state index contributed by atoms with van der Waals surface area (Å²) in [6.07, 6.45) is -0.237. The molecule has 0 amide bonds. The van der Waals surface area contributed by atoms with E-state index in [9.17, 15) is 13.6 Å². The normalized spacial score (nSPS) is 12.4. The summed E-state index contributed by atoms with van der Waals surface area (Å²) in [5.41, 5.74) is 5.37. The van der Waals surface area contributed by atoms with Crippen LogP contribution in [0.1, 0.15) is 24.4 Å². The Morgan fingerprint density at radius 3 is 2.56 bits per heavy atom. The minimum Gasteiger partial charge on any atom is -0.505 e. The second-order valence-corrected chi connectivity index (χ2v) is 3.34. The van der Waals surface area contributed by atoms with Crippen LogP contribution in [0.25, 0.3) is 0 Å². The third-order valence-corrected chi connectivity index (χ3v) is 2.16. The number of nitrogens with two attached hydrogens (primary N) is 1. The van der Waals surface area contributed by atoms with E-state index in [1.165, 1.54) is 0 Å². The molecule has 16 heavy (non-hydrogen) atoms. The van der Waals surface area contributed by atoms with Gasteiger partial charge in [-0.1, -0.05) is 6.07 Å². The molecule has 6 heteroatoms. The van der Waals surface area contributed by atoms with Gasteiger partial charge in [-0.15, -0.1) is 0 Å². The van der Waals surface area contributed by atoms with Crippen LogP contribution in [0.2, 0.25) is 0 Å². The number of rotatable bonds is 4. The van der Waals surface area contributed by atoms with Gasteiger partial charge in [0.15, 0.2) is 11.6 Å². The number of phenols is 1. The van der Waals surface area contributed by atoms with E-state index in [2.05, 4.69) is 0 Å². The molecule has 4 nitrogen and oxygen atoms in total. The van der Waals surface area contributed by atoms with Crippen molar-refractivity contribution in [1.29, 1.82) is 0 Å². The van der Waals surface area contributed by atoms with E-state index in [4.69, 9.17) is 15.9 Å². The first-order chi connectivity index (χ1) is 7.43. The second-order valence-electron chi connectivity index (χ2n) is 3.34. The summed E-state index contributed by atoms with van der Waals surface area (Å²) in [5.74, 6) is -4.47. The number of carboxylic acid groups (broad SMARTS) is 1. The maximum Gasteiger partial charge on any atom is 0.303 e. The Morgan fingerprint density at radius 1 is 1.38 bits per heavy atom. The Labute approximate surface area is 90.3 Å². The average molecular weight is 231 g/mol. The van der Waals surface area contributed by atoms with Gasteiger partial charge in [0.2, 0.25) is 5.82 Å². The van der Waals surface area contributed by atoms with Crippen molar-refractivity contribution >= 4 is 5.97 Å². The lowest BCUT2D eigenvalue weighted by Gasteiger charge is -2.12. The number of halogens is 2. The van der Waals surface area contributed by atoms with Gasteiger partial charge in [0.1, 0.15) is 0 Å². The van der Waals surface area contributed by atoms with Crippen LogP contribution in [0.5, 0.6) is 5.75 Å². The Kier molecular flexibility index (Phi) is 3.78. The van der Waals surface area contributed by atoms with E-state index in [0.717, 1.165) is 12.1 Å². The monoisotopic (exact) mass is 231 g/mol. The van der Waals surface area contributed by atoms with Gasteiger partial charge in [-0.3, -0.25) is 4.79 Å². The number of carbonyl (C=O) groups is 1. The van der Waals surface area contributed by atoms with Crippen molar-refractivity contribution in [2.75, 3.05) is 0 Å². The van der Waals surface area contributed by atoms with Gasteiger partial charge in [-0.2, -0.15) is 4.39 Å². The van der Waals surface area contributed by atoms with Crippen LogP contribution in [0, 0.1) is 11.6 Å². The molecule has 1 aromatic carbocycles. The number of hydrogen-bond acceptors (Lipinski definition) is 3. The predicted molar refractivity (Wildman–Crippen MR) is 51.8 cm³/mol. The van der Waals surface area contributed by atoms with Crippen LogP contribution >= 0.6 is 0 Å². The van der Waals surface area contributed by atoms with Crippen molar-refractivity contribution in [2.45, 2.75) is 18.9 Å². The van der Waals surface area contributed by atoms with E-state index in [0.29, 0.717) is 0 Å². The van der Waals surface area contributed by atoms with Crippen LogP contribution < -0.4 is 5.73 Å². The molecule has 0 saturated carbocycles. The summed E-state index contributed by atoms with van der Waals surface area (Å²) in [6.45, 7) is 0. The molecule has 0 spiro atoms. The lowest BCUT2D eigenvalue weighted by molar-refractivity contribution is -0.137. The van der Waals surface area contributed by atoms with Crippen LogP contribution in [0.4, 0.5) is 8.78 Å². The maximum absolute atomic E-state index is 13.3. The largest absolute Gasteiger partial charge is 0.505 e. The molecule has 0 aliphatic carbocycles. The highest BCUT2D eigenvalue weighted by Crippen LogP contribution is 2.26. The van der Waals surface area contributed by atoms with Crippen molar-refractivity contribution < 1.29 is 23.8 Å². The molecule has 0 radical (unpaired) electrons. The third-order valence-electron chi connectivity index (χ3n) is 2.16. The molecule has 0 heterocycles. The van der Waals surface area contributed by atoms with Gasteiger partial charge in [0.05, 0.1) is 0 Å². The second kappa shape index (κ2) is 4.89. The Balaban J connectivity index is 2.87. The van der Waals surface area contributed by atoms with Crippen LogP contribution in [-0.2, 0) is 4.79 Å². The highest BCUT2D eigenvalue weighted by molar-refractivity contribution is 5.66. The zero-order chi connectivity index (χ0) is 12.3. The minimum absolute atomic E-state index is 0.00350. The van der Waals surface area contributed by atoms with E-state index >= 15 is 0 Å². The van der Waals surface area contributed by atoms with Gasteiger partial charge in [0, 0.05) is 18.0 Å². The predicted octanol–water partition coefficient (Wildman–Crippen LogP) is 1.53. The first-order valence-electron chi connectivity index (χ1n) is 4.57. The van der Waals surface area contributed by atoms with E-state index in [1.807, 2.05) is 0 Å². The van der Waals surface area contributed by atoms with E-state index < -0.39 is 29.4 Å². The number of benzene rings is 1. The molecule has 1 unspecified atom stereocenters. The van der Waals surface area contributed by atoms with Gasteiger partial charge >= 0.3 is 5.97 Å². The Morgan fingerprint density at radius 2 is 2.00 bits per heavy atom. The van der Waals surface area contributed by atoms with Crippen LogP contribution in [0.3, 0.4) is 0 Å². The summed E-state index contributed by atoms with van der Waals surface area (Å²) >= 11 is 0. The molecule has 4 N–H and O–H groups in total. The molecule has 1 atom stereocenters. The number of hydrogen-bond donors (Lipinski definition) is 3. The molecule has 1 rings (SSSR count). The summed E-state index contributed by atoms with van der Waals surface area (Å²) in [7, 11) is 0. The number of aromatic hydroxyl groups is 1. The van der Waals surface area contributed by atoms with Crippen LogP contribution in [-0.4, -0.2) is 16.2 Å². The lowest BCUT2D eigenvalue weighted by Crippen LogP contribution is -2.14. The topological polar surface area (TPSA) is 83.6 Å².